The molecule has 0 aliphatic carbocycles. The van der Waals surface area contributed by atoms with Crippen LogP contribution < -0.4 is 17.0 Å². The Bertz CT molecular complexity index is 2510. The van der Waals surface area contributed by atoms with Crippen molar-refractivity contribution < 1.29 is 64.8 Å². The molecular formula is C39H56F2N10O13P2S2. The van der Waals surface area contributed by atoms with Gasteiger partial charge in [0.15, 0.2) is 47.4 Å². The summed E-state index contributed by atoms with van der Waals surface area (Å²) in [5, 5.41) is 0. The predicted octanol–water partition coefficient (Wildman–Crippen LogP) is 6.86. The van der Waals surface area contributed by atoms with Crippen molar-refractivity contribution in [2.45, 2.75) is 140 Å². The molecule has 0 saturated carbocycles. The largest absolute Gasteiger partial charge is 0.454 e. The molecular weight excluding hydrogens is 981 g/mol. The van der Waals surface area contributed by atoms with Gasteiger partial charge in [0, 0.05) is 24.2 Å². The lowest BCUT2D eigenvalue weighted by Gasteiger charge is -2.28. The van der Waals surface area contributed by atoms with Gasteiger partial charge in [-0.05, 0) is 24.2 Å². The zero-order valence-corrected chi connectivity index (χ0v) is 40.9. The van der Waals surface area contributed by atoms with Gasteiger partial charge in [-0.1, -0.05) is 65.2 Å². The van der Waals surface area contributed by atoms with Crippen molar-refractivity contribution in [1.29, 1.82) is 0 Å². The van der Waals surface area contributed by atoms with Crippen molar-refractivity contribution in [3.05, 3.63) is 29.3 Å². The average Bonchev–Trinajstić information content (AvgIpc) is 4.08. The van der Waals surface area contributed by atoms with Crippen molar-refractivity contribution >= 4 is 82.2 Å². The monoisotopic (exact) mass is 1040 g/mol. The minimum atomic E-state index is -4.74. The standard InChI is InChI=1S/C39H56F2N10O13P2S2/c1-3-5-7-9-11-13-25(52)58-21-67-65(55)20-57-31-24(63-37(28(31)41)50-18-46-29-33(42)44-17-45-34(29)50)16-61-66(56,68-22-59-26(53)14-12-10-8-6-4-2)64-32-27(40)23(15-60-65)62-38(32)51-19-47-30-35(51)48-39(43)49-36(30)54/h17-19,23-24,27-28,31-32,37-38H,3-16,20-22H2,1-2H3,(H2,42,44,45)(H3,43,48,49,54)/t23-,24?,27-,28-,31-,32-,37-,38-,65?,66?/m1/s1. The Morgan fingerprint density at radius 3 is 2.09 bits per heavy atom. The molecule has 4 aromatic heterocycles. The summed E-state index contributed by atoms with van der Waals surface area (Å²) in [6.45, 7) is -6.34. The Morgan fingerprint density at radius 2 is 1.40 bits per heavy atom. The van der Waals surface area contributed by atoms with Gasteiger partial charge in [0.2, 0.25) is 5.95 Å². The van der Waals surface area contributed by atoms with Gasteiger partial charge >= 0.3 is 18.7 Å². The summed E-state index contributed by atoms with van der Waals surface area (Å²) >= 11 is 0.984. The van der Waals surface area contributed by atoms with E-state index in [2.05, 4.69) is 43.8 Å². The number of ether oxygens (including phenoxy) is 5. The molecule has 376 valence electrons. The number of nitrogens with one attached hydrogen (secondary N) is 1. The Labute approximate surface area is 397 Å². The first-order chi connectivity index (χ1) is 32.7. The van der Waals surface area contributed by atoms with Crippen LogP contribution in [0.3, 0.4) is 0 Å². The number of fused-ring (bicyclic) bond motifs is 5. The SMILES string of the molecule is CCCCCCCC(=O)OCSP1(=O)CO[C@@H]2C(COP(=O)(SCOC(=O)CCCCCCC)O[C@@H]3[C@H](F)[C@@H](CO1)O[C@H]3n1cnc3c(=O)[nH]c(N)nc31)O[C@@H](n1cnc3c(N)ncnc31)[C@@H]2F. The van der Waals surface area contributed by atoms with E-state index in [1.165, 1.54) is 10.9 Å². The maximum atomic E-state index is 17.0. The van der Waals surface area contributed by atoms with Crippen LogP contribution in [0.25, 0.3) is 22.3 Å². The Balaban J connectivity index is 1.19. The first-order valence-electron chi connectivity index (χ1n) is 22.4. The third-order valence-corrected chi connectivity index (χ3v) is 18.4. The van der Waals surface area contributed by atoms with Crippen LogP contribution in [0.1, 0.15) is 103 Å². The van der Waals surface area contributed by atoms with Crippen LogP contribution in [-0.2, 0) is 56.0 Å². The predicted molar refractivity (Wildman–Crippen MR) is 245 cm³/mol. The summed E-state index contributed by atoms with van der Waals surface area (Å²) in [5.41, 5.74) is 11.0. The number of unbranched alkanes of at least 4 members (excludes halogenated alkanes) is 8. The highest BCUT2D eigenvalue weighted by Crippen LogP contribution is 2.65. The first-order valence-corrected chi connectivity index (χ1v) is 28.9. The number of nitrogens with zero attached hydrogens (tertiary/aromatic N) is 7. The highest BCUT2D eigenvalue weighted by atomic mass is 32.7. The number of hydrogen-bond acceptors (Lipinski definition) is 22. The van der Waals surface area contributed by atoms with Gasteiger partial charge < -0.3 is 39.7 Å². The van der Waals surface area contributed by atoms with Crippen LogP contribution in [-0.4, -0.2) is 119 Å². The summed E-state index contributed by atoms with van der Waals surface area (Å²) in [6.07, 6.45) is -2.33. The molecule has 3 saturated heterocycles. The molecule has 3 aliphatic rings. The van der Waals surface area contributed by atoms with Gasteiger partial charge in [-0.15, -0.1) is 0 Å². The number of alkyl halides is 2. The average molecular weight is 1040 g/mol. The molecule has 3 unspecified atom stereocenters. The fourth-order valence-electron chi connectivity index (χ4n) is 7.71. The molecule has 3 fully saturated rings. The van der Waals surface area contributed by atoms with E-state index in [9.17, 15) is 23.5 Å². The molecule has 7 rings (SSSR count). The quantitative estimate of drug-likeness (QED) is 0.0352. The first kappa shape index (κ1) is 52.1. The molecule has 4 aromatic rings. The Morgan fingerprint density at radius 1 is 0.779 bits per heavy atom. The lowest BCUT2D eigenvalue weighted by Crippen LogP contribution is -2.36. The second kappa shape index (κ2) is 23.9. The van der Waals surface area contributed by atoms with Crippen LogP contribution in [0.5, 0.6) is 0 Å². The van der Waals surface area contributed by atoms with Crippen LogP contribution in [0.15, 0.2) is 23.8 Å². The van der Waals surface area contributed by atoms with Crippen molar-refractivity contribution in [2.24, 2.45) is 0 Å². The normalized spacial score (nSPS) is 28.9. The Kier molecular flexibility index (Phi) is 18.3. The third-order valence-electron chi connectivity index (χ3n) is 11.3. The van der Waals surface area contributed by atoms with Crippen molar-refractivity contribution in [1.82, 2.24) is 39.0 Å². The van der Waals surface area contributed by atoms with E-state index in [4.69, 9.17) is 48.7 Å². The third kappa shape index (κ3) is 12.8. The van der Waals surface area contributed by atoms with Crippen LogP contribution in [0.2, 0.25) is 0 Å². The lowest BCUT2D eigenvalue weighted by molar-refractivity contribution is -0.142. The zero-order chi connectivity index (χ0) is 48.4. The summed E-state index contributed by atoms with van der Waals surface area (Å²) in [6, 6.07) is 0. The molecule has 23 nitrogen and oxygen atoms in total. The number of nitrogens with two attached hydrogens (primary N) is 2. The van der Waals surface area contributed by atoms with Crippen molar-refractivity contribution in [2.75, 3.05) is 42.9 Å². The van der Waals surface area contributed by atoms with E-state index in [-0.39, 0.29) is 46.9 Å². The van der Waals surface area contributed by atoms with Crippen LogP contribution in [0, 0.1) is 0 Å². The second-order valence-electron chi connectivity index (χ2n) is 16.2. The number of rotatable bonds is 20. The van der Waals surface area contributed by atoms with E-state index in [1.807, 2.05) is 0 Å². The van der Waals surface area contributed by atoms with Crippen molar-refractivity contribution in [3.8, 4) is 0 Å². The van der Waals surface area contributed by atoms with Gasteiger partial charge in [-0.3, -0.25) is 42.1 Å². The molecule has 10 atom stereocenters. The maximum absolute atomic E-state index is 17.0. The number of H-pyrrole nitrogens is 1. The number of anilines is 2. The van der Waals surface area contributed by atoms with Gasteiger partial charge in [0.1, 0.15) is 54.5 Å². The molecule has 0 aromatic carbocycles. The van der Waals surface area contributed by atoms with Gasteiger partial charge in [-0.25, -0.2) is 33.3 Å². The summed E-state index contributed by atoms with van der Waals surface area (Å²) in [5.74, 6) is -2.46. The summed E-state index contributed by atoms with van der Waals surface area (Å²) in [7, 11) is 0. The van der Waals surface area contributed by atoms with E-state index >= 15 is 8.78 Å². The smallest absolute Gasteiger partial charge is 0.393 e. The van der Waals surface area contributed by atoms with Gasteiger partial charge in [0.05, 0.1) is 25.9 Å². The highest BCUT2D eigenvalue weighted by Gasteiger charge is 2.54. The maximum Gasteiger partial charge on any atom is 0.393 e. The topological polar surface area (TPSA) is 301 Å². The number of aromatic amines is 1. The molecule has 0 amide bonds. The van der Waals surface area contributed by atoms with Gasteiger partial charge in [-0.2, -0.15) is 4.98 Å². The van der Waals surface area contributed by atoms with Gasteiger partial charge in [0.25, 0.3) is 12.1 Å². The van der Waals surface area contributed by atoms with Crippen LogP contribution >= 0.6 is 36.1 Å². The zero-order valence-electron chi connectivity index (χ0n) is 37.4. The number of carbonyl (C=O) groups is 2. The van der Waals surface area contributed by atoms with E-state index < -0.39 is 112 Å². The fourth-order valence-corrected chi connectivity index (χ4v) is 13.2. The minimum absolute atomic E-state index is 0.0115. The molecule has 7 heterocycles. The molecule has 3 aliphatic heterocycles. The number of carbonyl (C=O) groups excluding carboxylic acids is 2. The number of aromatic nitrogens is 8. The summed E-state index contributed by atoms with van der Waals surface area (Å²) in [4.78, 5) is 61.0. The van der Waals surface area contributed by atoms with E-state index in [1.54, 1.807) is 0 Å². The number of nitrogen functional groups attached to an aromatic ring is 2. The molecule has 68 heavy (non-hydrogen) atoms. The molecule has 2 bridgehead atoms. The fraction of sp³-hybridized carbons (Fsp3) is 0.692. The molecule has 5 N–H and O–H groups in total. The van der Waals surface area contributed by atoms with E-state index in [0.29, 0.717) is 35.6 Å². The number of esters is 2. The van der Waals surface area contributed by atoms with E-state index in [0.717, 1.165) is 68.6 Å². The number of hydrogen-bond donors (Lipinski definition) is 3. The molecule has 0 radical (unpaired) electrons. The Hall–Kier alpha value is -3.78. The number of imidazole rings is 2. The molecule has 29 heteroatoms. The van der Waals surface area contributed by atoms with Crippen molar-refractivity contribution in [3.63, 3.8) is 0 Å². The highest BCUT2D eigenvalue weighted by molar-refractivity contribution is 8.56. The summed E-state index contributed by atoms with van der Waals surface area (Å²) < 4.78 is 113. The minimum Gasteiger partial charge on any atom is -0.454 e. The molecule has 0 spiro atoms. The number of halogens is 2. The lowest BCUT2D eigenvalue weighted by atomic mass is 10.1. The van der Waals surface area contributed by atoms with Crippen LogP contribution in [0.4, 0.5) is 20.5 Å². The second-order valence-corrected chi connectivity index (χ2v) is 24.9.